The van der Waals surface area contributed by atoms with Crippen LogP contribution in [0.25, 0.3) is 0 Å². The minimum atomic E-state index is 0.149. The highest BCUT2D eigenvalue weighted by molar-refractivity contribution is 5.29. The average molecular weight is 291 g/mol. The second kappa shape index (κ2) is 7.25. The molecular formula is C17H29N3O. The number of methoxy groups -OCH3 is 1. The van der Waals surface area contributed by atoms with Crippen LogP contribution >= 0.6 is 0 Å². The van der Waals surface area contributed by atoms with Gasteiger partial charge in [0.05, 0.1) is 7.11 Å². The minimum absolute atomic E-state index is 0.149. The minimum Gasteiger partial charge on any atom is -0.497 e. The van der Waals surface area contributed by atoms with E-state index in [2.05, 4.69) is 36.6 Å². The Morgan fingerprint density at radius 1 is 1.29 bits per heavy atom. The maximum Gasteiger partial charge on any atom is 0.119 e. The summed E-state index contributed by atoms with van der Waals surface area (Å²) < 4.78 is 5.33. The molecular weight excluding hydrogens is 262 g/mol. The second-order valence-electron chi connectivity index (χ2n) is 6.33. The molecule has 0 saturated heterocycles. The average Bonchev–Trinajstić information content (AvgIpc) is 2.53. The van der Waals surface area contributed by atoms with Crippen LogP contribution in [0, 0.1) is 0 Å². The molecule has 1 atom stereocenters. The highest BCUT2D eigenvalue weighted by Gasteiger charge is 2.41. The monoisotopic (exact) mass is 291 g/mol. The number of nitrogens with two attached hydrogens (primary N) is 1. The molecule has 2 rings (SSSR count). The number of rotatable bonds is 6. The summed E-state index contributed by atoms with van der Waals surface area (Å²) in [5, 5.41) is 0. The highest BCUT2D eigenvalue weighted by atomic mass is 16.5. The number of benzene rings is 1. The van der Waals surface area contributed by atoms with Crippen LogP contribution in [0.2, 0.25) is 0 Å². The summed E-state index contributed by atoms with van der Waals surface area (Å²) >= 11 is 0. The van der Waals surface area contributed by atoms with E-state index in [-0.39, 0.29) is 11.6 Å². The summed E-state index contributed by atoms with van der Waals surface area (Å²) in [6, 6.07) is 8.54. The van der Waals surface area contributed by atoms with Crippen molar-refractivity contribution in [1.29, 1.82) is 0 Å². The van der Waals surface area contributed by atoms with Crippen molar-refractivity contribution in [2.45, 2.75) is 50.1 Å². The van der Waals surface area contributed by atoms with E-state index in [4.69, 9.17) is 10.6 Å². The number of ether oxygens (including phenoxy) is 1. The van der Waals surface area contributed by atoms with Gasteiger partial charge in [-0.1, -0.05) is 31.4 Å². The number of hydrogen-bond donors (Lipinski definition) is 2. The third-order valence-electron chi connectivity index (χ3n) is 5.03. The molecule has 0 heterocycles. The molecule has 0 aromatic heterocycles. The van der Waals surface area contributed by atoms with Crippen LogP contribution in [0.3, 0.4) is 0 Å². The van der Waals surface area contributed by atoms with Crippen molar-refractivity contribution in [3.63, 3.8) is 0 Å². The Hall–Kier alpha value is -1.10. The summed E-state index contributed by atoms with van der Waals surface area (Å²) in [7, 11) is 6.07. The predicted octanol–water partition coefficient (Wildman–Crippen LogP) is 2.33. The topological polar surface area (TPSA) is 50.5 Å². The lowest BCUT2D eigenvalue weighted by atomic mass is 9.73. The number of nitrogens with zero attached hydrogens (tertiary/aromatic N) is 1. The van der Waals surface area contributed by atoms with E-state index >= 15 is 0 Å². The van der Waals surface area contributed by atoms with Crippen molar-refractivity contribution >= 4 is 0 Å². The molecule has 0 aliphatic heterocycles. The fourth-order valence-corrected chi connectivity index (χ4v) is 3.71. The fourth-order valence-electron chi connectivity index (χ4n) is 3.71. The third-order valence-corrected chi connectivity index (χ3v) is 5.03. The van der Waals surface area contributed by atoms with Gasteiger partial charge in [-0.2, -0.15) is 0 Å². The molecule has 0 spiro atoms. The van der Waals surface area contributed by atoms with Crippen LogP contribution in [0.5, 0.6) is 5.75 Å². The molecule has 21 heavy (non-hydrogen) atoms. The highest BCUT2D eigenvalue weighted by Crippen LogP contribution is 2.36. The molecule has 4 heteroatoms. The lowest BCUT2D eigenvalue weighted by molar-refractivity contribution is 0.0568. The zero-order chi connectivity index (χ0) is 15.3. The van der Waals surface area contributed by atoms with Gasteiger partial charge in [-0.05, 0) is 51.1 Å². The van der Waals surface area contributed by atoms with Gasteiger partial charge in [0.15, 0.2) is 0 Å². The van der Waals surface area contributed by atoms with Crippen molar-refractivity contribution in [3.05, 3.63) is 29.8 Å². The molecule has 1 aromatic rings. The Morgan fingerprint density at radius 2 is 2.00 bits per heavy atom. The third kappa shape index (κ3) is 3.57. The van der Waals surface area contributed by atoms with Crippen molar-refractivity contribution in [1.82, 2.24) is 10.3 Å². The predicted molar refractivity (Wildman–Crippen MR) is 87.3 cm³/mol. The van der Waals surface area contributed by atoms with Gasteiger partial charge >= 0.3 is 0 Å². The molecule has 0 amide bonds. The Balaban J connectivity index is 2.20. The smallest absolute Gasteiger partial charge is 0.119 e. The van der Waals surface area contributed by atoms with Crippen LogP contribution in [0.4, 0.5) is 0 Å². The summed E-state index contributed by atoms with van der Waals surface area (Å²) in [5.41, 5.74) is 4.51. The summed E-state index contributed by atoms with van der Waals surface area (Å²) in [6.07, 6.45) is 7.25. The summed E-state index contributed by atoms with van der Waals surface area (Å²) in [4.78, 5) is 2.37. The quantitative estimate of drug-likeness (QED) is 0.624. The summed E-state index contributed by atoms with van der Waals surface area (Å²) in [6.45, 7) is 0. The first-order chi connectivity index (χ1) is 10.1. The molecule has 4 nitrogen and oxygen atoms in total. The molecule has 3 N–H and O–H groups in total. The van der Waals surface area contributed by atoms with Crippen LogP contribution in [0.1, 0.15) is 37.7 Å². The first-order valence-corrected chi connectivity index (χ1v) is 7.89. The van der Waals surface area contributed by atoms with E-state index in [9.17, 15) is 0 Å². The van der Waals surface area contributed by atoms with Gasteiger partial charge in [-0.25, -0.2) is 0 Å². The molecule has 1 aliphatic rings. The van der Waals surface area contributed by atoms with Crippen LogP contribution < -0.4 is 16.0 Å². The molecule has 118 valence electrons. The first-order valence-electron chi connectivity index (χ1n) is 7.89. The SMILES string of the molecule is COc1cccc(CC(NN)C2(N(C)C)CCCCC2)c1. The van der Waals surface area contributed by atoms with Gasteiger partial charge in [-0.15, -0.1) is 0 Å². The Bertz CT molecular complexity index is 441. The first kappa shape index (κ1) is 16.3. The number of hydrogen-bond acceptors (Lipinski definition) is 4. The molecule has 1 fully saturated rings. The number of hydrazine groups is 1. The largest absolute Gasteiger partial charge is 0.497 e. The van der Waals surface area contributed by atoms with Crippen molar-refractivity contribution in [2.75, 3.05) is 21.2 Å². The van der Waals surface area contributed by atoms with Crippen molar-refractivity contribution in [2.24, 2.45) is 5.84 Å². The van der Waals surface area contributed by atoms with Crippen LogP contribution in [-0.4, -0.2) is 37.7 Å². The standard InChI is InChI=1S/C17H29N3O/c1-20(2)17(10-5-4-6-11-17)16(19-18)13-14-8-7-9-15(12-14)21-3/h7-9,12,16,19H,4-6,10-11,13,18H2,1-3H3. The van der Waals surface area contributed by atoms with E-state index in [0.29, 0.717) is 0 Å². The molecule has 1 unspecified atom stereocenters. The fraction of sp³-hybridized carbons (Fsp3) is 0.647. The van der Waals surface area contributed by atoms with Crippen LogP contribution in [0.15, 0.2) is 24.3 Å². The maximum absolute atomic E-state index is 5.94. The second-order valence-corrected chi connectivity index (χ2v) is 6.33. The lowest BCUT2D eigenvalue weighted by Crippen LogP contribution is -2.62. The molecule has 0 radical (unpaired) electrons. The van der Waals surface area contributed by atoms with E-state index in [1.54, 1.807) is 7.11 Å². The van der Waals surface area contributed by atoms with Crippen molar-refractivity contribution in [3.8, 4) is 5.75 Å². The molecule has 1 aliphatic carbocycles. The van der Waals surface area contributed by atoms with Gasteiger partial charge in [-0.3, -0.25) is 11.3 Å². The normalized spacial score (nSPS) is 19.5. The van der Waals surface area contributed by atoms with Gasteiger partial charge in [0.25, 0.3) is 0 Å². The molecule has 1 saturated carbocycles. The number of nitrogens with one attached hydrogen (secondary N) is 1. The number of likely N-dealkylation sites (N-methyl/N-ethyl adjacent to an activating group) is 1. The Labute approximate surface area is 128 Å². The van der Waals surface area contributed by atoms with Crippen LogP contribution in [-0.2, 0) is 6.42 Å². The zero-order valence-corrected chi connectivity index (χ0v) is 13.6. The summed E-state index contributed by atoms with van der Waals surface area (Å²) in [5.74, 6) is 6.85. The molecule has 0 bridgehead atoms. The van der Waals surface area contributed by atoms with E-state index < -0.39 is 0 Å². The maximum atomic E-state index is 5.94. The van der Waals surface area contributed by atoms with Gasteiger partial charge in [0, 0.05) is 11.6 Å². The molecule has 1 aromatic carbocycles. The van der Waals surface area contributed by atoms with Gasteiger partial charge < -0.3 is 9.64 Å². The van der Waals surface area contributed by atoms with Gasteiger partial charge in [0.2, 0.25) is 0 Å². The Morgan fingerprint density at radius 3 is 2.57 bits per heavy atom. The zero-order valence-electron chi connectivity index (χ0n) is 13.6. The lowest BCUT2D eigenvalue weighted by Gasteiger charge is -2.48. The van der Waals surface area contributed by atoms with E-state index in [0.717, 1.165) is 12.2 Å². The van der Waals surface area contributed by atoms with Gasteiger partial charge in [0.1, 0.15) is 5.75 Å². The van der Waals surface area contributed by atoms with Crippen molar-refractivity contribution < 1.29 is 4.74 Å². The Kier molecular flexibility index (Phi) is 5.62. The van der Waals surface area contributed by atoms with E-state index in [1.165, 1.54) is 37.7 Å². The van der Waals surface area contributed by atoms with E-state index in [1.807, 2.05) is 12.1 Å².